The zero-order valence-electron chi connectivity index (χ0n) is 11.0. The SMILES string of the molecule is CCN(CCOC)C(=O)c1cc(N)ccc1[N+](=O)[O-]. The Morgan fingerprint density at radius 2 is 2.21 bits per heavy atom. The highest BCUT2D eigenvalue weighted by atomic mass is 16.6. The summed E-state index contributed by atoms with van der Waals surface area (Å²) in [6, 6.07) is 3.98. The van der Waals surface area contributed by atoms with E-state index in [-0.39, 0.29) is 11.3 Å². The van der Waals surface area contributed by atoms with Gasteiger partial charge in [-0.15, -0.1) is 0 Å². The summed E-state index contributed by atoms with van der Waals surface area (Å²) in [4.78, 5) is 24.1. The number of likely N-dealkylation sites (N-methyl/N-ethyl adjacent to an activating group) is 1. The van der Waals surface area contributed by atoms with E-state index in [9.17, 15) is 14.9 Å². The Bertz CT molecular complexity index is 476. The van der Waals surface area contributed by atoms with E-state index in [0.717, 1.165) is 0 Å². The molecule has 0 saturated heterocycles. The number of anilines is 1. The first-order chi connectivity index (χ1) is 9.01. The quantitative estimate of drug-likeness (QED) is 0.475. The number of amides is 1. The second kappa shape index (κ2) is 6.69. The van der Waals surface area contributed by atoms with E-state index in [1.807, 2.05) is 0 Å². The van der Waals surface area contributed by atoms with Crippen molar-refractivity contribution in [3.63, 3.8) is 0 Å². The molecule has 0 atom stereocenters. The van der Waals surface area contributed by atoms with Crippen molar-refractivity contribution in [2.24, 2.45) is 0 Å². The van der Waals surface area contributed by atoms with Crippen LogP contribution in [-0.2, 0) is 4.74 Å². The zero-order valence-corrected chi connectivity index (χ0v) is 11.0. The van der Waals surface area contributed by atoms with Crippen LogP contribution in [0.5, 0.6) is 0 Å². The number of nitrogen functional groups attached to an aromatic ring is 1. The first-order valence-electron chi connectivity index (χ1n) is 5.83. The fraction of sp³-hybridized carbons (Fsp3) is 0.417. The Hall–Kier alpha value is -2.15. The van der Waals surface area contributed by atoms with Crippen LogP contribution in [0, 0.1) is 10.1 Å². The van der Waals surface area contributed by atoms with Gasteiger partial charge >= 0.3 is 0 Å². The smallest absolute Gasteiger partial charge is 0.282 e. The van der Waals surface area contributed by atoms with Crippen LogP contribution in [0.15, 0.2) is 18.2 Å². The molecular weight excluding hydrogens is 250 g/mol. The molecule has 19 heavy (non-hydrogen) atoms. The molecule has 0 aliphatic rings. The first-order valence-corrected chi connectivity index (χ1v) is 5.83. The number of benzene rings is 1. The largest absolute Gasteiger partial charge is 0.399 e. The Balaban J connectivity index is 3.09. The molecule has 7 heteroatoms. The van der Waals surface area contributed by atoms with Crippen LogP contribution in [0.1, 0.15) is 17.3 Å². The van der Waals surface area contributed by atoms with Crippen molar-refractivity contribution >= 4 is 17.3 Å². The van der Waals surface area contributed by atoms with E-state index in [1.165, 1.54) is 30.2 Å². The van der Waals surface area contributed by atoms with Gasteiger partial charge in [-0.05, 0) is 19.1 Å². The molecule has 0 unspecified atom stereocenters. The van der Waals surface area contributed by atoms with E-state index < -0.39 is 10.8 Å². The monoisotopic (exact) mass is 267 g/mol. The summed E-state index contributed by atoms with van der Waals surface area (Å²) in [5.41, 5.74) is 5.67. The van der Waals surface area contributed by atoms with Gasteiger partial charge in [0.05, 0.1) is 11.5 Å². The van der Waals surface area contributed by atoms with Crippen molar-refractivity contribution in [1.29, 1.82) is 0 Å². The summed E-state index contributed by atoms with van der Waals surface area (Å²) >= 11 is 0. The van der Waals surface area contributed by atoms with Gasteiger partial charge in [0.15, 0.2) is 0 Å². The van der Waals surface area contributed by atoms with Crippen LogP contribution in [-0.4, -0.2) is 42.5 Å². The topological polar surface area (TPSA) is 98.7 Å². The van der Waals surface area contributed by atoms with E-state index in [0.29, 0.717) is 25.4 Å². The molecule has 0 radical (unpaired) electrons. The third-order valence-electron chi connectivity index (χ3n) is 2.68. The van der Waals surface area contributed by atoms with Gasteiger partial charge in [-0.1, -0.05) is 0 Å². The molecule has 104 valence electrons. The van der Waals surface area contributed by atoms with Crippen molar-refractivity contribution in [2.45, 2.75) is 6.92 Å². The summed E-state index contributed by atoms with van der Waals surface area (Å²) < 4.78 is 4.91. The van der Waals surface area contributed by atoms with E-state index in [4.69, 9.17) is 10.5 Å². The second-order valence-electron chi connectivity index (χ2n) is 3.91. The lowest BCUT2D eigenvalue weighted by molar-refractivity contribution is -0.385. The molecule has 0 saturated carbocycles. The number of nitrogens with zero attached hydrogens (tertiary/aromatic N) is 2. The number of nitro benzene ring substituents is 1. The molecule has 0 fully saturated rings. The van der Waals surface area contributed by atoms with Crippen molar-refractivity contribution in [2.75, 3.05) is 32.5 Å². The molecule has 0 aliphatic carbocycles. The van der Waals surface area contributed by atoms with Crippen molar-refractivity contribution in [3.8, 4) is 0 Å². The van der Waals surface area contributed by atoms with Crippen molar-refractivity contribution in [3.05, 3.63) is 33.9 Å². The molecule has 0 aliphatic heterocycles. The summed E-state index contributed by atoms with van der Waals surface area (Å²) in [5, 5.41) is 10.9. The molecule has 7 nitrogen and oxygen atoms in total. The minimum absolute atomic E-state index is 0.00273. The van der Waals surface area contributed by atoms with Crippen molar-refractivity contribution < 1.29 is 14.5 Å². The third kappa shape index (κ3) is 3.65. The van der Waals surface area contributed by atoms with Crippen molar-refractivity contribution in [1.82, 2.24) is 4.90 Å². The maximum atomic E-state index is 12.3. The summed E-state index contributed by atoms with van der Waals surface area (Å²) in [5.74, 6) is -0.418. The van der Waals surface area contributed by atoms with Gasteiger partial charge in [-0.25, -0.2) is 0 Å². The normalized spacial score (nSPS) is 10.2. The molecule has 0 spiro atoms. The van der Waals surface area contributed by atoms with Gasteiger partial charge < -0.3 is 15.4 Å². The van der Waals surface area contributed by atoms with E-state index >= 15 is 0 Å². The van der Waals surface area contributed by atoms with Crippen LogP contribution in [0.25, 0.3) is 0 Å². The lowest BCUT2D eigenvalue weighted by Crippen LogP contribution is -2.34. The van der Waals surface area contributed by atoms with Crippen LogP contribution in [0.4, 0.5) is 11.4 Å². The standard InChI is InChI=1S/C12H17N3O4/c1-3-14(6-7-19-2)12(16)10-8-9(13)4-5-11(10)15(17)18/h4-5,8H,3,6-7,13H2,1-2H3. The molecule has 0 aromatic heterocycles. The number of hydrogen-bond acceptors (Lipinski definition) is 5. The molecular formula is C12H17N3O4. The lowest BCUT2D eigenvalue weighted by Gasteiger charge is -2.20. The highest BCUT2D eigenvalue weighted by molar-refractivity contribution is 5.99. The first kappa shape index (κ1) is 14.9. The Labute approximate surface area is 111 Å². The number of ether oxygens (including phenoxy) is 1. The fourth-order valence-corrected chi connectivity index (χ4v) is 1.66. The summed E-state index contributed by atoms with van der Waals surface area (Å²) in [6.07, 6.45) is 0. The Kier molecular flexibility index (Phi) is 5.25. The fourth-order valence-electron chi connectivity index (χ4n) is 1.66. The number of nitro groups is 1. The molecule has 1 aromatic rings. The van der Waals surface area contributed by atoms with Gasteiger partial charge in [0.2, 0.25) is 0 Å². The van der Waals surface area contributed by atoms with Gasteiger partial charge in [0, 0.05) is 32.0 Å². The lowest BCUT2D eigenvalue weighted by atomic mass is 10.1. The number of methoxy groups -OCH3 is 1. The Morgan fingerprint density at radius 3 is 2.74 bits per heavy atom. The molecule has 1 rings (SSSR count). The minimum atomic E-state index is -0.586. The second-order valence-corrected chi connectivity index (χ2v) is 3.91. The maximum absolute atomic E-state index is 12.3. The summed E-state index contributed by atoms with van der Waals surface area (Å²) in [7, 11) is 1.53. The number of carbonyl (C=O) groups is 1. The zero-order chi connectivity index (χ0) is 14.4. The van der Waals surface area contributed by atoms with E-state index in [1.54, 1.807) is 6.92 Å². The van der Waals surface area contributed by atoms with Crippen LogP contribution in [0.2, 0.25) is 0 Å². The number of nitrogens with two attached hydrogens (primary N) is 1. The summed E-state index contributed by atoms with van der Waals surface area (Å²) in [6.45, 7) is 2.98. The molecule has 1 amide bonds. The van der Waals surface area contributed by atoms with Crippen LogP contribution < -0.4 is 5.73 Å². The average Bonchev–Trinajstić information content (AvgIpc) is 2.38. The molecule has 0 bridgehead atoms. The Morgan fingerprint density at radius 1 is 1.53 bits per heavy atom. The highest BCUT2D eigenvalue weighted by Gasteiger charge is 2.24. The highest BCUT2D eigenvalue weighted by Crippen LogP contribution is 2.22. The minimum Gasteiger partial charge on any atom is -0.399 e. The average molecular weight is 267 g/mol. The number of carbonyl (C=O) groups excluding carboxylic acids is 1. The number of rotatable bonds is 6. The van der Waals surface area contributed by atoms with Gasteiger partial charge in [-0.2, -0.15) is 0 Å². The predicted molar refractivity (Wildman–Crippen MR) is 71.0 cm³/mol. The van der Waals surface area contributed by atoms with Gasteiger partial charge in [0.25, 0.3) is 11.6 Å². The molecule has 2 N–H and O–H groups in total. The third-order valence-corrected chi connectivity index (χ3v) is 2.68. The van der Waals surface area contributed by atoms with Gasteiger partial charge in [0.1, 0.15) is 5.56 Å². The predicted octanol–water partition coefficient (Wildman–Crippen LogP) is 1.29. The number of hydrogen-bond donors (Lipinski definition) is 1. The molecule has 0 heterocycles. The van der Waals surface area contributed by atoms with Crippen LogP contribution >= 0.6 is 0 Å². The van der Waals surface area contributed by atoms with Gasteiger partial charge in [-0.3, -0.25) is 14.9 Å². The molecule has 1 aromatic carbocycles. The van der Waals surface area contributed by atoms with E-state index in [2.05, 4.69) is 0 Å². The van der Waals surface area contributed by atoms with Crippen LogP contribution in [0.3, 0.4) is 0 Å². The maximum Gasteiger partial charge on any atom is 0.282 e.